The molecule has 0 saturated carbocycles. The van der Waals surface area contributed by atoms with Crippen molar-refractivity contribution in [2.45, 2.75) is 13.2 Å². The predicted molar refractivity (Wildman–Crippen MR) is 78.6 cm³/mol. The SMILES string of the molecule is C=CCOc1cccc(COc2cnccc2CN)c1. The lowest BCUT2D eigenvalue weighted by molar-refractivity contribution is 0.300. The van der Waals surface area contributed by atoms with E-state index in [1.807, 2.05) is 30.3 Å². The summed E-state index contributed by atoms with van der Waals surface area (Å²) >= 11 is 0. The number of pyridine rings is 1. The average molecular weight is 270 g/mol. The molecular weight excluding hydrogens is 252 g/mol. The molecule has 20 heavy (non-hydrogen) atoms. The lowest BCUT2D eigenvalue weighted by atomic mass is 10.2. The first-order chi connectivity index (χ1) is 9.83. The monoisotopic (exact) mass is 270 g/mol. The molecular formula is C16H18N2O2. The molecule has 0 unspecified atom stereocenters. The third kappa shape index (κ3) is 3.83. The van der Waals surface area contributed by atoms with Crippen LogP contribution >= 0.6 is 0 Å². The van der Waals surface area contributed by atoms with Gasteiger partial charge in [-0.3, -0.25) is 4.98 Å². The smallest absolute Gasteiger partial charge is 0.142 e. The fraction of sp³-hybridized carbons (Fsp3) is 0.188. The Morgan fingerprint density at radius 2 is 2.15 bits per heavy atom. The van der Waals surface area contributed by atoms with Crippen molar-refractivity contribution in [3.63, 3.8) is 0 Å². The molecule has 0 radical (unpaired) electrons. The second-order valence-corrected chi connectivity index (χ2v) is 4.22. The van der Waals surface area contributed by atoms with Gasteiger partial charge in [0.2, 0.25) is 0 Å². The minimum Gasteiger partial charge on any atom is -0.490 e. The molecule has 2 aromatic rings. The molecule has 0 aliphatic heterocycles. The Morgan fingerprint density at radius 3 is 2.95 bits per heavy atom. The summed E-state index contributed by atoms with van der Waals surface area (Å²) < 4.78 is 11.2. The van der Waals surface area contributed by atoms with Crippen molar-refractivity contribution in [2.75, 3.05) is 6.61 Å². The highest BCUT2D eigenvalue weighted by molar-refractivity contribution is 5.31. The molecule has 0 atom stereocenters. The number of benzene rings is 1. The van der Waals surface area contributed by atoms with Crippen LogP contribution in [0.2, 0.25) is 0 Å². The van der Waals surface area contributed by atoms with Gasteiger partial charge in [0.15, 0.2) is 0 Å². The van der Waals surface area contributed by atoms with Crippen molar-refractivity contribution >= 4 is 0 Å². The number of hydrogen-bond donors (Lipinski definition) is 1. The minimum atomic E-state index is 0.431. The molecule has 0 amide bonds. The zero-order valence-electron chi connectivity index (χ0n) is 11.3. The summed E-state index contributed by atoms with van der Waals surface area (Å²) in [6.07, 6.45) is 5.10. The zero-order valence-corrected chi connectivity index (χ0v) is 11.3. The van der Waals surface area contributed by atoms with Crippen molar-refractivity contribution in [3.8, 4) is 11.5 Å². The van der Waals surface area contributed by atoms with E-state index in [0.717, 1.165) is 16.9 Å². The molecule has 2 N–H and O–H groups in total. The fourth-order valence-electron chi connectivity index (χ4n) is 1.75. The number of nitrogens with two attached hydrogens (primary N) is 1. The average Bonchev–Trinajstić information content (AvgIpc) is 2.51. The largest absolute Gasteiger partial charge is 0.490 e. The second-order valence-electron chi connectivity index (χ2n) is 4.22. The van der Waals surface area contributed by atoms with Crippen LogP contribution in [0.1, 0.15) is 11.1 Å². The molecule has 1 aromatic carbocycles. The first kappa shape index (κ1) is 14.1. The van der Waals surface area contributed by atoms with Crippen LogP contribution in [0.5, 0.6) is 11.5 Å². The Hall–Kier alpha value is -2.33. The van der Waals surface area contributed by atoms with Gasteiger partial charge in [-0.15, -0.1) is 0 Å². The van der Waals surface area contributed by atoms with Crippen molar-refractivity contribution in [1.29, 1.82) is 0 Å². The van der Waals surface area contributed by atoms with Crippen LogP contribution in [0.25, 0.3) is 0 Å². The topological polar surface area (TPSA) is 57.4 Å². The molecule has 1 aromatic heterocycles. The van der Waals surface area contributed by atoms with E-state index in [2.05, 4.69) is 11.6 Å². The van der Waals surface area contributed by atoms with Crippen molar-refractivity contribution in [3.05, 3.63) is 66.5 Å². The van der Waals surface area contributed by atoms with Gasteiger partial charge in [-0.25, -0.2) is 0 Å². The summed E-state index contributed by atoms with van der Waals surface area (Å²) in [5.74, 6) is 1.52. The standard InChI is InChI=1S/C16H18N2O2/c1-2-8-19-15-5-3-4-13(9-15)12-20-16-11-18-7-6-14(16)10-17/h2-7,9,11H,1,8,10,12,17H2. The van der Waals surface area contributed by atoms with Crippen LogP contribution < -0.4 is 15.2 Å². The van der Waals surface area contributed by atoms with Crippen LogP contribution in [0.15, 0.2) is 55.4 Å². The molecule has 4 nitrogen and oxygen atoms in total. The van der Waals surface area contributed by atoms with Gasteiger partial charge < -0.3 is 15.2 Å². The molecule has 0 saturated heterocycles. The molecule has 0 aliphatic rings. The van der Waals surface area contributed by atoms with E-state index in [1.165, 1.54) is 0 Å². The number of rotatable bonds is 7. The van der Waals surface area contributed by atoms with Crippen molar-refractivity contribution in [1.82, 2.24) is 4.98 Å². The Bertz CT molecular complexity index is 570. The molecule has 1 heterocycles. The normalized spacial score (nSPS) is 10.1. The summed E-state index contributed by atoms with van der Waals surface area (Å²) in [6.45, 7) is 4.99. The first-order valence-corrected chi connectivity index (χ1v) is 6.42. The van der Waals surface area contributed by atoms with E-state index < -0.39 is 0 Å². The quantitative estimate of drug-likeness (QED) is 0.786. The van der Waals surface area contributed by atoms with E-state index in [1.54, 1.807) is 18.5 Å². The third-order valence-electron chi connectivity index (χ3n) is 2.75. The summed E-state index contributed by atoms with van der Waals surface area (Å²) in [7, 11) is 0. The van der Waals surface area contributed by atoms with E-state index in [9.17, 15) is 0 Å². The summed E-state index contributed by atoms with van der Waals surface area (Å²) in [5, 5.41) is 0. The second kappa shape index (κ2) is 7.31. The van der Waals surface area contributed by atoms with Crippen LogP contribution in [0.3, 0.4) is 0 Å². The highest BCUT2D eigenvalue weighted by Crippen LogP contribution is 2.19. The fourth-order valence-corrected chi connectivity index (χ4v) is 1.75. The van der Waals surface area contributed by atoms with E-state index in [-0.39, 0.29) is 0 Å². The summed E-state index contributed by atoms with van der Waals surface area (Å²) in [5.41, 5.74) is 7.63. The number of nitrogens with zero attached hydrogens (tertiary/aromatic N) is 1. The van der Waals surface area contributed by atoms with Crippen molar-refractivity contribution < 1.29 is 9.47 Å². The van der Waals surface area contributed by atoms with Gasteiger partial charge in [-0.2, -0.15) is 0 Å². The Labute approximate surface area is 118 Å². The first-order valence-electron chi connectivity index (χ1n) is 6.42. The van der Waals surface area contributed by atoms with Crippen molar-refractivity contribution in [2.24, 2.45) is 5.73 Å². The molecule has 0 fully saturated rings. The van der Waals surface area contributed by atoms with Gasteiger partial charge in [0.25, 0.3) is 0 Å². The molecule has 0 aliphatic carbocycles. The highest BCUT2D eigenvalue weighted by atomic mass is 16.5. The van der Waals surface area contributed by atoms with E-state index in [4.69, 9.17) is 15.2 Å². The highest BCUT2D eigenvalue weighted by Gasteiger charge is 2.03. The Balaban J connectivity index is 2.01. The third-order valence-corrected chi connectivity index (χ3v) is 2.75. The summed E-state index contributed by atoms with van der Waals surface area (Å²) in [4.78, 5) is 4.05. The molecule has 4 heteroatoms. The van der Waals surface area contributed by atoms with E-state index >= 15 is 0 Å². The number of aromatic nitrogens is 1. The summed E-state index contributed by atoms with van der Waals surface area (Å²) in [6, 6.07) is 9.63. The van der Waals surface area contributed by atoms with Gasteiger partial charge in [-0.05, 0) is 23.8 Å². The molecule has 0 spiro atoms. The number of ether oxygens (including phenoxy) is 2. The van der Waals surface area contributed by atoms with Gasteiger partial charge in [0.05, 0.1) is 6.20 Å². The Morgan fingerprint density at radius 1 is 1.25 bits per heavy atom. The van der Waals surface area contributed by atoms with Crippen LogP contribution in [0, 0.1) is 0 Å². The minimum absolute atomic E-state index is 0.431. The van der Waals surface area contributed by atoms with E-state index in [0.29, 0.717) is 25.5 Å². The lowest BCUT2D eigenvalue weighted by Gasteiger charge is -2.10. The maximum Gasteiger partial charge on any atom is 0.142 e. The number of hydrogen-bond acceptors (Lipinski definition) is 4. The van der Waals surface area contributed by atoms with Crippen LogP contribution in [-0.4, -0.2) is 11.6 Å². The zero-order chi connectivity index (χ0) is 14.2. The predicted octanol–water partition coefficient (Wildman–Crippen LogP) is 2.68. The Kier molecular flexibility index (Phi) is 5.15. The molecule has 104 valence electrons. The molecule has 2 rings (SSSR count). The maximum absolute atomic E-state index is 5.76. The molecule has 0 bridgehead atoms. The lowest BCUT2D eigenvalue weighted by Crippen LogP contribution is -2.03. The van der Waals surface area contributed by atoms with Crippen LogP contribution in [-0.2, 0) is 13.2 Å². The van der Waals surface area contributed by atoms with Gasteiger partial charge in [-0.1, -0.05) is 24.8 Å². The van der Waals surface area contributed by atoms with Gasteiger partial charge in [0.1, 0.15) is 24.7 Å². The van der Waals surface area contributed by atoms with Crippen LogP contribution in [0.4, 0.5) is 0 Å². The van der Waals surface area contributed by atoms with Gasteiger partial charge in [0, 0.05) is 18.3 Å². The van der Waals surface area contributed by atoms with Gasteiger partial charge >= 0.3 is 0 Å². The maximum atomic E-state index is 5.76.